The molecule has 1 amide bonds. The number of alkyl halides is 3. The number of benzene rings is 1. The molecule has 6 heteroatoms. The third kappa shape index (κ3) is 7.42. The zero-order valence-electron chi connectivity index (χ0n) is 10.2. The van der Waals surface area contributed by atoms with Crippen molar-refractivity contribution in [2.45, 2.75) is 23.7 Å². The van der Waals surface area contributed by atoms with Crippen molar-refractivity contribution in [2.75, 3.05) is 6.54 Å². The summed E-state index contributed by atoms with van der Waals surface area (Å²) in [5.41, 5.74) is -3.77. The van der Waals surface area contributed by atoms with Gasteiger partial charge in [0, 0.05) is 30.3 Å². The first-order chi connectivity index (χ1) is 8.87. The molecule has 0 atom stereocenters. The van der Waals surface area contributed by atoms with Crippen LogP contribution < -0.4 is 5.32 Å². The van der Waals surface area contributed by atoms with Crippen LogP contribution in [-0.2, 0) is 4.79 Å². The second-order valence-corrected chi connectivity index (χ2v) is 4.75. The van der Waals surface area contributed by atoms with E-state index < -0.39 is 5.51 Å². The number of carbonyl (C=O) groups is 1. The van der Waals surface area contributed by atoms with Crippen molar-refractivity contribution in [1.82, 2.24) is 5.32 Å². The Hall–Kier alpha value is -1.61. The molecule has 0 fully saturated rings. The van der Waals surface area contributed by atoms with Gasteiger partial charge in [-0.3, -0.25) is 4.79 Å². The van der Waals surface area contributed by atoms with Crippen LogP contribution in [-0.4, -0.2) is 18.0 Å². The quantitative estimate of drug-likeness (QED) is 0.525. The minimum atomic E-state index is -4.29. The zero-order valence-corrected chi connectivity index (χ0v) is 11.0. The number of rotatable bonds is 3. The van der Waals surface area contributed by atoms with Gasteiger partial charge in [-0.2, -0.15) is 13.2 Å². The average Bonchev–Trinajstić information content (AvgIpc) is 2.26. The summed E-state index contributed by atoms with van der Waals surface area (Å²) in [5, 5.41) is 2.58. The molecule has 0 aliphatic heterocycles. The van der Waals surface area contributed by atoms with E-state index in [2.05, 4.69) is 17.2 Å². The molecule has 0 saturated heterocycles. The molecule has 102 valence electrons. The van der Waals surface area contributed by atoms with Gasteiger partial charge in [0.1, 0.15) is 0 Å². The first kappa shape index (κ1) is 15.4. The number of nitrogens with one attached hydrogen (secondary N) is 1. The highest BCUT2D eigenvalue weighted by Gasteiger charge is 2.29. The smallest absolute Gasteiger partial charge is 0.355 e. The molecular formula is C13H12F3NOS. The predicted octanol–water partition coefficient (Wildman–Crippen LogP) is 3.18. The molecule has 0 aromatic heterocycles. The number of hydrogen-bond donors (Lipinski definition) is 1. The van der Waals surface area contributed by atoms with E-state index in [0.717, 1.165) is 0 Å². The highest BCUT2D eigenvalue weighted by atomic mass is 32.2. The first-order valence-electron chi connectivity index (χ1n) is 5.46. The van der Waals surface area contributed by atoms with E-state index in [0.29, 0.717) is 18.5 Å². The number of amides is 1. The standard InChI is InChI=1S/C13H12F3NOS/c1-10(18)17-8-3-2-5-11-6-4-7-12(9-11)19-13(14,15)16/h4,6-7,9H,3,8H2,1H3,(H,17,18). The number of thioether (sulfide) groups is 1. The molecule has 0 radical (unpaired) electrons. The van der Waals surface area contributed by atoms with Gasteiger partial charge in [0.25, 0.3) is 0 Å². The summed E-state index contributed by atoms with van der Waals surface area (Å²) in [7, 11) is 0. The van der Waals surface area contributed by atoms with Crippen molar-refractivity contribution in [3.8, 4) is 11.8 Å². The van der Waals surface area contributed by atoms with Crippen LogP contribution in [0.2, 0.25) is 0 Å². The molecule has 1 aromatic rings. The molecule has 0 heterocycles. The fourth-order valence-electron chi connectivity index (χ4n) is 1.24. The van der Waals surface area contributed by atoms with Crippen LogP contribution in [0.1, 0.15) is 18.9 Å². The molecular weight excluding hydrogens is 275 g/mol. The van der Waals surface area contributed by atoms with Crippen molar-refractivity contribution in [2.24, 2.45) is 0 Å². The second kappa shape index (κ2) is 7.10. The maximum atomic E-state index is 12.2. The largest absolute Gasteiger partial charge is 0.446 e. The minimum absolute atomic E-state index is 0.112. The highest BCUT2D eigenvalue weighted by molar-refractivity contribution is 8.00. The van der Waals surface area contributed by atoms with E-state index in [1.807, 2.05) is 0 Å². The Morgan fingerprint density at radius 2 is 2.16 bits per heavy atom. The SMILES string of the molecule is CC(=O)NCCC#Cc1cccc(SC(F)(F)F)c1. The summed E-state index contributed by atoms with van der Waals surface area (Å²) >= 11 is -0.162. The van der Waals surface area contributed by atoms with Crippen LogP contribution in [0.4, 0.5) is 13.2 Å². The van der Waals surface area contributed by atoms with Gasteiger partial charge in [-0.25, -0.2) is 0 Å². The van der Waals surface area contributed by atoms with Crippen LogP contribution in [0.25, 0.3) is 0 Å². The summed E-state index contributed by atoms with van der Waals surface area (Å²) < 4.78 is 36.6. The Morgan fingerprint density at radius 3 is 2.79 bits per heavy atom. The number of halogens is 3. The monoisotopic (exact) mass is 287 g/mol. The highest BCUT2D eigenvalue weighted by Crippen LogP contribution is 2.36. The zero-order chi connectivity index (χ0) is 14.3. The van der Waals surface area contributed by atoms with Crippen LogP contribution in [0.3, 0.4) is 0 Å². The molecule has 0 spiro atoms. The topological polar surface area (TPSA) is 29.1 Å². The normalized spacial score (nSPS) is 10.5. The van der Waals surface area contributed by atoms with Crippen LogP contribution in [0.15, 0.2) is 29.2 Å². The molecule has 1 aromatic carbocycles. The molecule has 0 saturated carbocycles. The van der Waals surface area contributed by atoms with Crippen molar-refractivity contribution in [3.63, 3.8) is 0 Å². The van der Waals surface area contributed by atoms with Gasteiger partial charge in [-0.05, 0) is 30.0 Å². The first-order valence-corrected chi connectivity index (χ1v) is 6.27. The van der Waals surface area contributed by atoms with Gasteiger partial charge in [0.15, 0.2) is 0 Å². The third-order valence-corrected chi connectivity index (χ3v) is 2.65. The number of hydrogen-bond acceptors (Lipinski definition) is 2. The molecule has 0 aliphatic carbocycles. The Labute approximate surface area is 113 Å². The van der Waals surface area contributed by atoms with E-state index >= 15 is 0 Å². The molecule has 19 heavy (non-hydrogen) atoms. The summed E-state index contributed by atoms with van der Waals surface area (Å²) in [6.07, 6.45) is 0.455. The average molecular weight is 287 g/mol. The fourth-order valence-corrected chi connectivity index (χ4v) is 1.84. The summed E-state index contributed by atoms with van der Waals surface area (Å²) in [6.45, 7) is 1.84. The molecule has 0 bridgehead atoms. The summed E-state index contributed by atoms with van der Waals surface area (Å²) in [6, 6.07) is 5.96. The van der Waals surface area contributed by atoms with Gasteiger partial charge in [-0.15, -0.1) is 0 Å². The fraction of sp³-hybridized carbons (Fsp3) is 0.308. The lowest BCUT2D eigenvalue weighted by atomic mass is 10.2. The Balaban J connectivity index is 2.57. The summed E-state index contributed by atoms with van der Waals surface area (Å²) in [5.74, 6) is 5.42. The number of carbonyl (C=O) groups excluding carboxylic acids is 1. The minimum Gasteiger partial charge on any atom is -0.355 e. The molecule has 1 rings (SSSR count). The maximum absolute atomic E-state index is 12.2. The predicted molar refractivity (Wildman–Crippen MR) is 68.5 cm³/mol. The van der Waals surface area contributed by atoms with Crippen molar-refractivity contribution < 1.29 is 18.0 Å². The van der Waals surface area contributed by atoms with Gasteiger partial charge in [0.2, 0.25) is 5.91 Å². The maximum Gasteiger partial charge on any atom is 0.446 e. The van der Waals surface area contributed by atoms with Crippen LogP contribution in [0.5, 0.6) is 0 Å². The molecule has 2 nitrogen and oxygen atoms in total. The van der Waals surface area contributed by atoms with Gasteiger partial charge in [0.05, 0.1) is 0 Å². The lowest BCUT2D eigenvalue weighted by Gasteiger charge is -2.05. The van der Waals surface area contributed by atoms with Gasteiger partial charge in [-0.1, -0.05) is 17.9 Å². The Kier molecular flexibility index (Phi) is 5.77. The van der Waals surface area contributed by atoms with Crippen molar-refractivity contribution >= 4 is 17.7 Å². The Bertz CT molecular complexity index is 503. The third-order valence-electron chi connectivity index (χ3n) is 1.92. The van der Waals surface area contributed by atoms with E-state index in [1.165, 1.54) is 25.1 Å². The molecule has 0 aliphatic rings. The lowest BCUT2D eigenvalue weighted by molar-refractivity contribution is -0.118. The van der Waals surface area contributed by atoms with Gasteiger partial charge >= 0.3 is 5.51 Å². The summed E-state index contributed by atoms with van der Waals surface area (Å²) in [4.78, 5) is 10.7. The van der Waals surface area contributed by atoms with E-state index in [-0.39, 0.29) is 22.6 Å². The van der Waals surface area contributed by atoms with E-state index in [1.54, 1.807) is 6.07 Å². The molecule has 0 unspecified atom stereocenters. The van der Waals surface area contributed by atoms with E-state index in [4.69, 9.17) is 0 Å². The van der Waals surface area contributed by atoms with Crippen LogP contribution >= 0.6 is 11.8 Å². The van der Waals surface area contributed by atoms with E-state index in [9.17, 15) is 18.0 Å². The molecule has 1 N–H and O–H groups in total. The van der Waals surface area contributed by atoms with Crippen LogP contribution in [0, 0.1) is 11.8 Å². The van der Waals surface area contributed by atoms with Crippen molar-refractivity contribution in [3.05, 3.63) is 29.8 Å². The van der Waals surface area contributed by atoms with Gasteiger partial charge < -0.3 is 5.32 Å². The van der Waals surface area contributed by atoms with Crippen molar-refractivity contribution in [1.29, 1.82) is 0 Å². The second-order valence-electron chi connectivity index (χ2n) is 3.61. The Morgan fingerprint density at radius 1 is 1.42 bits per heavy atom. The lowest BCUT2D eigenvalue weighted by Crippen LogP contribution is -2.20.